The van der Waals surface area contributed by atoms with E-state index in [0.29, 0.717) is 11.3 Å². The fourth-order valence-electron chi connectivity index (χ4n) is 1.52. The second-order valence-electron chi connectivity index (χ2n) is 3.62. The van der Waals surface area contributed by atoms with Crippen molar-refractivity contribution in [2.75, 3.05) is 0 Å². The lowest BCUT2D eigenvalue weighted by Crippen LogP contribution is -2.02. The molecule has 2 heteroatoms. The predicted octanol–water partition coefficient (Wildman–Crippen LogP) is 3.13. The fourth-order valence-corrected chi connectivity index (χ4v) is 1.52. The van der Waals surface area contributed by atoms with E-state index in [1.165, 1.54) is 6.26 Å². The molecular formula is C13H12O2. The Hall–Kier alpha value is -1.83. The standard InChI is InChI=1S/C13H12O2/c1-9-5-6-10(2)11(8-9)13(14)12-4-3-7-15-12/h3-8H,1-2H3. The molecule has 76 valence electrons. The van der Waals surface area contributed by atoms with E-state index in [9.17, 15) is 4.79 Å². The smallest absolute Gasteiger partial charge is 0.228 e. The molecule has 1 aromatic carbocycles. The number of rotatable bonds is 2. The zero-order chi connectivity index (χ0) is 10.8. The second kappa shape index (κ2) is 3.73. The molecule has 0 atom stereocenters. The molecule has 2 rings (SSSR count). The number of aryl methyl sites for hydroxylation is 2. The molecule has 0 amide bonds. The first kappa shape index (κ1) is 9.71. The van der Waals surface area contributed by atoms with Crippen molar-refractivity contribution in [3.63, 3.8) is 0 Å². The van der Waals surface area contributed by atoms with Crippen LogP contribution in [0.1, 0.15) is 27.2 Å². The van der Waals surface area contributed by atoms with E-state index in [2.05, 4.69) is 0 Å². The van der Waals surface area contributed by atoms with Gasteiger partial charge in [0.25, 0.3) is 0 Å². The van der Waals surface area contributed by atoms with Crippen LogP contribution in [0.2, 0.25) is 0 Å². The Kier molecular flexibility index (Phi) is 2.42. The van der Waals surface area contributed by atoms with E-state index >= 15 is 0 Å². The maximum absolute atomic E-state index is 12.0. The van der Waals surface area contributed by atoms with Crippen molar-refractivity contribution in [1.29, 1.82) is 0 Å². The van der Waals surface area contributed by atoms with Gasteiger partial charge in [-0.3, -0.25) is 4.79 Å². The maximum Gasteiger partial charge on any atom is 0.228 e. The SMILES string of the molecule is Cc1ccc(C)c(C(=O)c2ccco2)c1. The molecule has 0 bridgehead atoms. The van der Waals surface area contributed by atoms with Crippen LogP contribution in [0.5, 0.6) is 0 Å². The second-order valence-corrected chi connectivity index (χ2v) is 3.62. The molecule has 0 fully saturated rings. The molecule has 2 aromatic rings. The van der Waals surface area contributed by atoms with Crippen LogP contribution < -0.4 is 0 Å². The Balaban J connectivity index is 2.46. The van der Waals surface area contributed by atoms with Crippen LogP contribution in [-0.2, 0) is 0 Å². The zero-order valence-electron chi connectivity index (χ0n) is 8.78. The molecule has 0 saturated carbocycles. The van der Waals surface area contributed by atoms with Gasteiger partial charge in [-0.25, -0.2) is 0 Å². The number of hydrogen-bond donors (Lipinski definition) is 0. The normalized spacial score (nSPS) is 10.3. The van der Waals surface area contributed by atoms with Crippen molar-refractivity contribution in [3.8, 4) is 0 Å². The highest BCUT2D eigenvalue weighted by Crippen LogP contribution is 2.15. The molecule has 0 N–H and O–H groups in total. The Morgan fingerprint density at radius 2 is 2.00 bits per heavy atom. The van der Waals surface area contributed by atoms with Crippen LogP contribution >= 0.6 is 0 Å². The van der Waals surface area contributed by atoms with Crippen LogP contribution in [-0.4, -0.2) is 5.78 Å². The Bertz CT molecular complexity index is 481. The summed E-state index contributed by atoms with van der Waals surface area (Å²) in [6, 6.07) is 9.24. The van der Waals surface area contributed by atoms with Crippen LogP contribution in [0.4, 0.5) is 0 Å². The van der Waals surface area contributed by atoms with Crippen LogP contribution in [0.25, 0.3) is 0 Å². The topological polar surface area (TPSA) is 30.2 Å². The van der Waals surface area contributed by atoms with Crippen molar-refractivity contribution in [1.82, 2.24) is 0 Å². The van der Waals surface area contributed by atoms with Crippen LogP contribution in [0.3, 0.4) is 0 Å². The summed E-state index contributed by atoms with van der Waals surface area (Å²) in [5, 5.41) is 0. The molecule has 15 heavy (non-hydrogen) atoms. The average Bonchev–Trinajstić information content (AvgIpc) is 2.74. The minimum Gasteiger partial charge on any atom is -0.461 e. The quantitative estimate of drug-likeness (QED) is 0.697. The predicted molar refractivity (Wildman–Crippen MR) is 58.1 cm³/mol. The molecule has 2 nitrogen and oxygen atoms in total. The lowest BCUT2D eigenvalue weighted by Gasteiger charge is -2.03. The summed E-state index contributed by atoms with van der Waals surface area (Å²) in [7, 11) is 0. The van der Waals surface area contributed by atoms with Gasteiger partial charge in [0.1, 0.15) is 0 Å². The minimum atomic E-state index is -0.0544. The van der Waals surface area contributed by atoms with Crippen molar-refractivity contribution in [2.45, 2.75) is 13.8 Å². The zero-order valence-corrected chi connectivity index (χ0v) is 8.78. The molecular weight excluding hydrogens is 188 g/mol. The maximum atomic E-state index is 12.0. The highest BCUT2D eigenvalue weighted by atomic mass is 16.3. The number of benzene rings is 1. The summed E-state index contributed by atoms with van der Waals surface area (Å²) in [6.07, 6.45) is 1.51. The van der Waals surface area contributed by atoms with Crippen LogP contribution in [0, 0.1) is 13.8 Å². The first-order valence-corrected chi connectivity index (χ1v) is 4.84. The summed E-state index contributed by atoms with van der Waals surface area (Å²) < 4.78 is 5.10. The molecule has 0 saturated heterocycles. The number of carbonyl (C=O) groups is 1. The number of furan rings is 1. The lowest BCUT2D eigenvalue weighted by molar-refractivity contribution is 0.101. The summed E-state index contributed by atoms with van der Waals surface area (Å²) >= 11 is 0. The van der Waals surface area contributed by atoms with Crippen molar-refractivity contribution in [3.05, 3.63) is 59.0 Å². The Morgan fingerprint density at radius 3 is 2.67 bits per heavy atom. The van der Waals surface area contributed by atoms with Crippen molar-refractivity contribution >= 4 is 5.78 Å². The number of ketones is 1. The van der Waals surface area contributed by atoms with Gasteiger partial charge >= 0.3 is 0 Å². The van der Waals surface area contributed by atoms with Crippen molar-refractivity contribution < 1.29 is 9.21 Å². The van der Waals surface area contributed by atoms with Gasteiger partial charge in [0, 0.05) is 5.56 Å². The summed E-state index contributed by atoms with van der Waals surface area (Å²) in [5.41, 5.74) is 2.77. The van der Waals surface area contributed by atoms with Gasteiger partial charge in [0.15, 0.2) is 5.76 Å². The summed E-state index contributed by atoms with van der Waals surface area (Å²) in [4.78, 5) is 12.0. The molecule has 0 radical (unpaired) electrons. The van der Waals surface area contributed by atoms with Gasteiger partial charge in [0.2, 0.25) is 5.78 Å². The van der Waals surface area contributed by atoms with E-state index in [0.717, 1.165) is 11.1 Å². The third-order valence-corrected chi connectivity index (χ3v) is 2.38. The molecule has 0 aliphatic heterocycles. The Morgan fingerprint density at radius 1 is 1.20 bits per heavy atom. The van der Waals surface area contributed by atoms with Gasteiger partial charge in [-0.05, 0) is 37.6 Å². The van der Waals surface area contributed by atoms with Gasteiger partial charge in [-0.2, -0.15) is 0 Å². The molecule has 0 aliphatic rings. The monoisotopic (exact) mass is 200 g/mol. The average molecular weight is 200 g/mol. The number of hydrogen-bond acceptors (Lipinski definition) is 2. The van der Waals surface area contributed by atoms with Crippen LogP contribution in [0.15, 0.2) is 41.0 Å². The highest BCUT2D eigenvalue weighted by Gasteiger charge is 2.13. The van der Waals surface area contributed by atoms with E-state index < -0.39 is 0 Å². The third kappa shape index (κ3) is 1.84. The number of carbonyl (C=O) groups excluding carboxylic acids is 1. The first-order chi connectivity index (χ1) is 7.18. The minimum absolute atomic E-state index is 0.0544. The largest absolute Gasteiger partial charge is 0.461 e. The summed E-state index contributed by atoms with van der Waals surface area (Å²) in [6.45, 7) is 3.90. The summed E-state index contributed by atoms with van der Waals surface area (Å²) in [5.74, 6) is 0.338. The van der Waals surface area contributed by atoms with E-state index in [1.807, 2.05) is 32.0 Å². The van der Waals surface area contributed by atoms with Gasteiger partial charge in [-0.1, -0.05) is 17.7 Å². The highest BCUT2D eigenvalue weighted by molar-refractivity contribution is 6.08. The molecule has 1 heterocycles. The molecule has 0 spiro atoms. The van der Waals surface area contributed by atoms with Gasteiger partial charge in [-0.15, -0.1) is 0 Å². The fraction of sp³-hybridized carbons (Fsp3) is 0.154. The van der Waals surface area contributed by atoms with E-state index in [1.54, 1.807) is 12.1 Å². The molecule has 0 unspecified atom stereocenters. The van der Waals surface area contributed by atoms with E-state index in [-0.39, 0.29) is 5.78 Å². The third-order valence-electron chi connectivity index (χ3n) is 2.38. The van der Waals surface area contributed by atoms with Crippen molar-refractivity contribution in [2.24, 2.45) is 0 Å². The molecule has 0 aliphatic carbocycles. The Labute approximate surface area is 88.5 Å². The van der Waals surface area contributed by atoms with Gasteiger partial charge < -0.3 is 4.42 Å². The van der Waals surface area contributed by atoms with E-state index in [4.69, 9.17) is 4.42 Å². The first-order valence-electron chi connectivity index (χ1n) is 4.84. The lowest BCUT2D eigenvalue weighted by atomic mass is 10.0. The molecule has 1 aromatic heterocycles. The van der Waals surface area contributed by atoms with Gasteiger partial charge in [0.05, 0.1) is 6.26 Å².